The Kier molecular flexibility index (Phi) is 3.44. The van der Waals surface area contributed by atoms with E-state index in [-0.39, 0.29) is 11.9 Å². The second-order valence-electron chi connectivity index (χ2n) is 6.74. The Hall–Kier alpha value is -2.48. The van der Waals surface area contributed by atoms with Gasteiger partial charge in [0, 0.05) is 25.2 Å². The fourth-order valence-corrected chi connectivity index (χ4v) is 4.02. The molecule has 3 aromatic heterocycles. The second-order valence-corrected chi connectivity index (χ2v) is 7.68. The smallest absolute Gasteiger partial charge is 0.274 e. The quantitative estimate of drug-likeness (QED) is 0.781. The highest BCUT2D eigenvalue weighted by molar-refractivity contribution is 7.13. The van der Waals surface area contributed by atoms with Crippen LogP contribution in [-0.2, 0) is 0 Å². The summed E-state index contributed by atoms with van der Waals surface area (Å²) in [5.41, 5.74) is 2.46. The third-order valence-corrected chi connectivity index (χ3v) is 5.84. The van der Waals surface area contributed by atoms with Gasteiger partial charge in [0.15, 0.2) is 5.69 Å². The fourth-order valence-electron chi connectivity index (χ4n) is 3.33. The summed E-state index contributed by atoms with van der Waals surface area (Å²) in [5, 5.41) is 17.7. The number of aromatic nitrogens is 5. The normalized spacial score (nSPS) is 20.3. The van der Waals surface area contributed by atoms with Crippen molar-refractivity contribution in [2.45, 2.75) is 31.2 Å². The van der Waals surface area contributed by atoms with Crippen molar-refractivity contribution in [3.8, 4) is 10.6 Å². The zero-order valence-corrected chi connectivity index (χ0v) is 14.4. The minimum atomic E-state index is -0.0240. The lowest BCUT2D eigenvalue weighted by atomic mass is 10.2. The molecule has 0 aromatic carbocycles. The van der Waals surface area contributed by atoms with Gasteiger partial charge in [-0.2, -0.15) is 5.10 Å². The van der Waals surface area contributed by atoms with Crippen LogP contribution in [0.15, 0.2) is 29.8 Å². The van der Waals surface area contributed by atoms with E-state index in [0.717, 1.165) is 29.2 Å². The van der Waals surface area contributed by atoms with Crippen molar-refractivity contribution in [1.82, 2.24) is 30.1 Å². The number of carbonyl (C=O) groups excluding carboxylic acids is 1. The van der Waals surface area contributed by atoms with E-state index in [2.05, 4.69) is 26.7 Å². The summed E-state index contributed by atoms with van der Waals surface area (Å²) in [6.07, 6.45) is 5.40. The van der Waals surface area contributed by atoms with Gasteiger partial charge in [0.05, 0.1) is 22.3 Å². The number of hydrogen-bond donors (Lipinski definition) is 1. The SMILES string of the molecule is O=C(c1cc(-c2cccs2)[nH]n1)N1CCC(n2cc(C3CC3)nn2)C1. The monoisotopic (exact) mass is 354 g/mol. The molecule has 8 heteroatoms. The number of rotatable bonds is 4. The van der Waals surface area contributed by atoms with Gasteiger partial charge in [0.1, 0.15) is 0 Å². The lowest BCUT2D eigenvalue weighted by Crippen LogP contribution is -2.29. The summed E-state index contributed by atoms with van der Waals surface area (Å²) in [6, 6.07) is 6.05. The summed E-state index contributed by atoms with van der Waals surface area (Å²) >= 11 is 1.63. The number of nitrogens with one attached hydrogen (secondary N) is 1. The van der Waals surface area contributed by atoms with Crippen molar-refractivity contribution in [3.05, 3.63) is 41.2 Å². The lowest BCUT2D eigenvalue weighted by Gasteiger charge is -2.14. The predicted molar refractivity (Wildman–Crippen MR) is 93.5 cm³/mol. The van der Waals surface area contributed by atoms with Crippen LogP contribution in [0.4, 0.5) is 0 Å². The minimum Gasteiger partial charge on any atom is -0.335 e. The van der Waals surface area contributed by atoms with Crippen LogP contribution in [-0.4, -0.2) is 49.1 Å². The molecule has 3 aromatic rings. The molecule has 1 N–H and O–H groups in total. The molecule has 1 saturated carbocycles. The van der Waals surface area contributed by atoms with E-state index >= 15 is 0 Å². The van der Waals surface area contributed by atoms with Gasteiger partial charge < -0.3 is 4.90 Å². The van der Waals surface area contributed by atoms with E-state index in [0.29, 0.717) is 18.2 Å². The first kappa shape index (κ1) is 14.8. The van der Waals surface area contributed by atoms with Crippen LogP contribution in [0.5, 0.6) is 0 Å². The Bertz CT molecular complexity index is 894. The van der Waals surface area contributed by atoms with Crippen LogP contribution < -0.4 is 0 Å². The van der Waals surface area contributed by atoms with Crippen LogP contribution in [0, 0.1) is 0 Å². The topological polar surface area (TPSA) is 79.7 Å². The lowest BCUT2D eigenvalue weighted by molar-refractivity contribution is 0.0781. The third kappa shape index (κ3) is 2.76. The number of nitrogens with zero attached hydrogens (tertiary/aromatic N) is 5. The van der Waals surface area contributed by atoms with Crippen LogP contribution in [0.1, 0.15) is 47.4 Å². The molecule has 128 valence electrons. The van der Waals surface area contributed by atoms with Gasteiger partial charge in [-0.25, -0.2) is 4.68 Å². The average Bonchev–Trinajstić information content (AvgIpc) is 3.16. The Morgan fingerprint density at radius 1 is 1.32 bits per heavy atom. The van der Waals surface area contributed by atoms with Gasteiger partial charge in [-0.15, -0.1) is 16.4 Å². The first-order chi connectivity index (χ1) is 12.3. The van der Waals surface area contributed by atoms with E-state index in [1.807, 2.05) is 33.2 Å². The van der Waals surface area contributed by atoms with Gasteiger partial charge >= 0.3 is 0 Å². The molecule has 1 unspecified atom stereocenters. The van der Waals surface area contributed by atoms with Crippen molar-refractivity contribution in [1.29, 1.82) is 0 Å². The molecule has 1 amide bonds. The molecule has 2 fully saturated rings. The number of aromatic amines is 1. The van der Waals surface area contributed by atoms with E-state index < -0.39 is 0 Å². The molecular formula is C17H18N6OS. The highest BCUT2D eigenvalue weighted by Crippen LogP contribution is 2.39. The number of amides is 1. The highest BCUT2D eigenvalue weighted by atomic mass is 32.1. The minimum absolute atomic E-state index is 0.0240. The van der Waals surface area contributed by atoms with Crippen LogP contribution in [0.3, 0.4) is 0 Å². The molecule has 0 radical (unpaired) electrons. The summed E-state index contributed by atoms with van der Waals surface area (Å²) < 4.78 is 1.93. The van der Waals surface area contributed by atoms with Crippen molar-refractivity contribution >= 4 is 17.2 Å². The molecule has 1 saturated heterocycles. The molecule has 1 atom stereocenters. The van der Waals surface area contributed by atoms with Gasteiger partial charge in [0.2, 0.25) is 0 Å². The number of hydrogen-bond acceptors (Lipinski definition) is 5. The molecule has 1 aliphatic heterocycles. The third-order valence-electron chi connectivity index (χ3n) is 4.93. The molecule has 0 bridgehead atoms. The zero-order valence-electron chi connectivity index (χ0n) is 13.6. The molecule has 2 aliphatic rings. The summed E-state index contributed by atoms with van der Waals surface area (Å²) in [4.78, 5) is 15.7. The fraction of sp³-hybridized carbons (Fsp3) is 0.412. The molecule has 0 spiro atoms. The van der Waals surface area contributed by atoms with Crippen LogP contribution >= 0.6 is 11.3 Å². The first-order valence-corrected chi connectivity index (χ1v) is 9.46. The van der Waals surface area contributed by atoms with E-state index in [4.69, 9.17) is 0 Å². The molecule has 4 heterocycles. The number of likely N-dealkylation sites (tertiary alicyclic amines) is 1. The molecular weight excluding hydrogens is 336 g/mol. The molecule has 5 rings (SSSR count). The Morgan fingerprint density at radius 2 is 2.24 bits per heavy atom. The van der Waals surface area contributed by atoms with E-state index in [9.17, 15) is 4.79 Å². The van der Waals surface area contributed by atoms with Crippen LogP contribution in [0.25, 0.3) is 10.6 Å². The maximum atomic E-state index is 12.7. The Morgan fingerprint density at radius 3 is 3.04 bits per heavy atom. The summed E-state index contributed by atoms with van der Waals surface area (Å²) in [7, 11) is 0. The maximum absolute atomic E-state index is 12.7. The molecule has 25 heavy (non-hydrogen) atoms. The van der Waals surface area contributed by atoms with Gasteiger partial charge in [-0.05, 0) is 36.8 Å². The van der Waals surface area contributed by atoms with Gasteiger partial charge in [-0.3, -0.25) is 9.89 Å². The highest BCUT2D eigenvalue weighted by Gasteiger charge is 2.32. The number of H-pyrrole nitrogens is 1. The zero-order chi connectivity index (χ0) is 16.8. The average molecular weight is 354 g/mol. The Balaban J connectivity index is 1.28. The standard InChI is InChI=1S/C17H18N6OS/c24-17(14-8-13(18-19-14)16-2-1-7-25-16)22-6-5-12(9-22)23-10-15(20-21-23)11-3-4-11/h1-2,7-8,10-12H,3-6,9H2,(H,18,19). The summed E-state index contributed by atoms with van der Waals surface area (Å²) in [5.74, 6) is 0.580. The molecule has 1 aliphatic carbocycles. The van der Waals surface area contributed by atoms with Gasteiger partial charge in [-0.1, -0.05) is 11.3 Å². The molecule has 7 nitrogen and oxygen atoms in total. The predicted octanol–water partition coefficient (Wildman–Crippen LogP) is 2.69. The number of carbonyl (C=O) groups is 1. The maximum Gasteiger partial charge on any atom is 0.274 e. The van der Waals surface area contributed by atoms with Crippen molar-refractivity contribution in [3.63, 3.8) is 0 Å². The Labute approximate surface area is 148 Å². The van der Waals surface area contributed by atoms with Crippen molar-refractivity contribution in [2.24, 2.45) is 0 Å². The van der Waals surface area contributed by atoms with E-state index in [1.54, 1.807) is 11.3 Å². The summed E-state index contributed by atoms with van der Waals surface area (Å²) in [6.45, 7) is 1.39. The van der Waals surface area contributed by atoms with Gasteiger partial charge in [0.25, 0.3) is 5.91 Å². The van der Waals surface area contributed by atoms with Crippen molar-refractivity contribution < 1.29 is 4.79 Å². The van der Waals surface area contributed by atoms with E-state index in [1.165, 1.54) is 12.8 Å². The van der Waals surface area contributed by atoms with Crippen molar-refractivity contribution in [2.75, 3.05) is 13.1 Å². The first-order valence-electron chi connectivity index (χ1n) is 8.58. The van der Waals surface area contributed by atoms with Crippen LogP contribution in [0.2, 0.25) is 0 Å². The largest absolute Gasteiger partial charge is 0.335 e. The number of thiophene rings is 1. The second kappa shape index (κ2) is 5.80.